The summed E-state index contributed by atoms with van der Waals surface area (Å²) < 4.78 is 26.3. The molecular formula is C40H69O10P. The van der Waals surface area contributed by atoms with Crippen LogP contribution in [-0.4, -0.2) is 58.0 Å². The van der Waals surface area contributed by atoms with Crippen molar-refractivity contribution in [3.8, 4) is 0 Å². The number of rotatable bonds is 33. The van der Waals surface area contributed by atoms with E-state index in [1.165, 1.54) is 64.2 Å². The third-order valence-electron chi connectivity index (χ3n) is 9.16. The standard InChI is InChI=1S/C40H69O10P/c1-3-5-7-8-9-10-11-12-13-14-15-16-17-22-26-39(43)48-32-36(33-49-51(45,46)47)50-40(44)27-23-19-18-21-24-34-28-31-38(42)37(34)30-29-35(41)25-20-6-4-2/h18,21,28-31,34-37,41H,3-17,19-20,22-27,32-33H2,1-2H3,(H2,45,46,47)/b21-18-,30-29+/t34-,35-,36+,37+/m0/s1. The Morgan fingerprint density at radius 1 is 0.784 bits per heavy atom. The highest BCUT2D eigenvalue weighted by molar-refractivity contribution is 7.46. The van der Waals surface area contributed by atoms with Crippen molar-refractivity contribution in [3.05, 3.63) is 36.5 Å². The van der Waals surface area contributed by atoms with Crippen LogP contribution in [0.2, 0.25) is 0 Å². The van der Waals surface area contributed by atoms with E-state index in [0.29, 0.717) is 32.1 Å². The number of esters is 2. The molecule has 0 amide bonds. The normalized spacial score (nSPS) is 17.5. The van der Waals surface area contributed by atoms with Crippen molar-refractivity contribution >= 4 is 25.5 Å². The van der Waals surface area contributed by atoms with Crippen molar-refractivity contribution in [2.75, 3.05) is 13.2 Å². The van der Waals surface area contributed by atoms with E-state index in [9.17, 15) is 24.1 Å². The Bertz CT molecular complexity index is 1070. The zero-order valence-corrected chi connectivity index (χ0v) is 32.5. The van der Waals surface area contributed by atoms with Crippen molar-refractivity contribution in [2.45, 2.75) is 174 Å². The summed E-state index contributed by atoms with van der Waals surface area (Å²) >= 11 is 0. The van der Waals surface area contributed by atoms with Crippen molar-refractivity contribution in [2.24, 2.45) is 11.8 Å². The number of carbonyl (C=O) groups excluding carboxylic acids is 3. The summed E-state index contributed by atoms with van der Waals surface area (Å²) in [5.41, 5.74) is 0. The summed E-state index contributed by atoms with van der Waals surface area (Å²) in [6.07, 6.45) is 32.1. The summed E-state index contributed by atoms with van der Waals surface area (Å²) in [5.74, 6) is -1.27. The molecule has 0 unspecified atom stereocenters. The van der Waals surface area contributed by atoms with Crippen molar-refractivity contribution in [1.29, 1.82) is 0 Å². The minimum Gasteiger partial charge on any atom is -0.462 e. The number of phosphoric acid groups is 1. The van der Waals surface area contributed by atoms with E-state index < -0.39 is 38.6 Å². The Balaban J connectivity index is 2.28. The van der Waals surface area contributed by atoms with Crippen molar-refractivity contribution < 1.29 is 47.8 Å². The van der Waals surface area contributed by atoms with Crippen molar-refractivity contribution in [1.82, 2.24) is 0 Å². The lowest BCUT2D eigenvalue weighted by Crippen LogP contribution is -2.29. The van der Waals surface area contributed by atoms with Crippen LogP contribution < -0.4 is 0 Å². The highest BCUT2D eigenvalue weighted by Gasteiger charge is 2.27. The van der Waals surface area contributed by atoms with E-state index in [4.69, 9.17) is 19.3 Å². The molecule has 11 heteroatoms. The lowest BCUT2D eigenvalue weighted by molar-refractivity contribution is -0.161. The fourth-order valence-corrected chi connectivity index (χ4v) is 6.43. The second-order valence-electron chi connectivity index (χ2n) is 13.9. The average Bonchev–Trinajstić information content (AvgIpc) is 3.44. The van der Waals surface area contributed by atoms with Gasteiger partial charge in [0.1, 0.15) is 6.61 Å². The van der Waals surface area contributed by atoms with Crippen LogP contribution in [0, 0.1) is 11.8 Å². The van der Waals surface area contributed by atoms with Gasteiger partial charge in [0, 0.05) is 18.8 Å². The van der Waals surface area contributed by atoms with Crippen molar-refractivity contribution in [3.63, 3.8) is 0 Å². The number of aliphatic hydroxyl groups excluding tert-OH is 1. The number of aliphatic hydroxyl groups is 1. The number of unbranched alkanes of at least 4 members (excludes halogenated alkanes) is 16. The van der Waals surface area contributed by atoms with Gasteiger partial charge in [-0.3, -0.25) is 18.9 Å². The number of hydrogen-bond acceptors (Lipinski definition) is 8. The molecule has 0 aromatic carbocycles. The molecule has 0 spiro atoms. The molecule has 4 atom stereocenters. The maximum Gasteiger partial charge on any atom is 0.469 e. The third kappa shape index (κ3) is 27.2. The molecule has 1 aliphatic rings. The Labute approximate surface area is 308 Å². The molecule has 0 saturated heterocycles. The number of phosphoric ester groups is 1. The van der Waals surface area contributed by atoms with E-state index in [1.54, 1.807) is 12.2 Å². The Morgan fingerprint density at radius 3 is 1.96 bits per heavy atom. The highest BCUT2D eigenvalue weighted by atomic mass is 31.2. The van der Waals surface area contributed by atoms with Gasteiger partial charge in [0.2, 0.25) is 0 Å². The van der Waals surface area contributed by atoms with E-state index in [2.05, 4.69) is 18.4 Å². The molecule has 1 rings (SSSR count). The van der Waals surface area contributed by atoms with Gasteiger partial charge in [0.15, 0.2) is 11.9 Å². The molecule has 0 aromatic heterocycles. The van der Waals surface area contributed by atoms with Crippen LogP contribution >= 0.6 is 7.82 Å². The first-order valence-electron chi connectivity index (χ1n) is 19.8. The molecule has 10 nitrogen and oxygen atoms in total. The Kier molecular flexibility index (Phi) is 27.9. The van der Waals surface area contributed by atoms with E-state index in [1.807, 2.05) is 24.3 Å². The second-order valence-corrected chi connectivity index (χ2v) is 15.2. The first-order valence-corrected chi connectivity index (χ1v) is 21.4. The van der Waals surface area contributed by atoms with E-state index in [0.717, 1.165) is 38.5 Å². The van der Waals surface area contributed by atoms with Gasteiger partial charge in [0.05, 0.1) is 12.7 Å². The SMILES string of the molecule is CCCCCCCCCCCCCCCCC(=O)OC[C@H](COP(=O)(O)O)OC(=O)CCC/C=C\C[C@H]1C=CC(=O)[C@@H]1/C=C/[C@@H](O)CCCCC. The fourth-order valence-electron chi connectivity index (χ4n) is 6.07. The third-order valence-corrected chi connectivity index (χ3v) is 9.64. The van der Waals surface area contributed by atoms with Gasteiger partial charge in [-0.25, -0.2) is 4.57 Å². The van der Waals surface area contributed by atoms with Gasteiger partial charge in [-0.15, -0.1) is 0 Å². The minimum absolute atomic E-state index is 0.0182. The van der Waals surface area contributed by atoms with Crippen LogP contribution in [0.3, 0.4) is 0 Å². The fraction of sp³-hybridized carbons (Fsp3) is 0.775. The molecular weight excluding hydrogens is 671 g/mol. The van der Waals surface area contributed by atoms with Crippen LogP contribution in [-0.2, 0) is 32.9 Å². The number of allylic oxidation sites excluding steroid dienone is 5. The van der Waals surface area contributed by atoms with E-state index in [-0.39, 0.29) is 37.1 Å². The largest absolute Gasteiger partial charge is 0.469 e. The first-order chi connectivity index (χ1) is 24.6. The minimum atomic E-state index is -4.81. The van der Waals surface area contributed by atoms with Crippen LogP contribution in [0.4, 0.5) is 0 Å². The summed E-state index contributed by atoms with van der Waals surface area (Å²) in [5, 5.41) is 10.2. The Hall–Kier alpha value is -2.10. The molecule has 1 aliphatic carbocycles. The second kappa shape index (κ2) is 30.4. The van der Waals surface area contributed by atoms with Crippen LogP contribution in [0.15, 0.2) is 36.5 Å². The summed E-state index contributed by atoms with van der Waals surface area (Å²) in [6.45, 7) is 3.41. The molecule has 0 heterocycles. The summed E-state index contributed by atoms with van der Waals surface area (Å²) in [4.78, 5) is 55.2. The predicted octanol–water partition coefficient (Wildman–Crippen LogP) is 9.41. The summed E-state index contributed by atoms with van der Waals surface area (Å²) in [6, 6.07) is 0. The number of carbonyl (C=O) groups is 3. The van der Waals surface area contributed by atoms with Gasteiger partial charge in [0.25, 0.3) is 0 Å². The molecule has 0 bridgehead atoms. The molecule has 0 aromatic rings. The molecule has 0 radical (unpaired) electrons. The first kappa shape index (κ1) is 46.9. The molecule has 0 aliphatic heterocycles. The van der Waals surface area contributed by atoms with Gasteiger partial charge in [-0.05, 0) is 44.1 Å². The molecule has 0 fully saturated rings. The molecule has 3 N–H and O–H groups in total. The monoisotopic (exact) mass is 740 g/mol. The topological polar surface area (TPSA) is 157 Å². The van der Waals surface area contributed by atoms with Crippen LogP contribution in [0.25, 0.3) is 0 Å². The van der Waals surface area contributed by atoms with Crippen LogP contribution in [0.5, 0.6) is 0 Å². The van der Waals surface area contributed by atoms with Gasteiger partial charge < -0.3 is 24.4 Å². The zero-order valence-electron chi connectivity index (χ0n) is 31.6. The molecule has 294 valence electrons. The number of ketones is 1. The molecule has 51 heavy (non-hydrogen) atoms. The number of ether oxygens (including phenoxy) is 2. The lowest BCUT2D eigenvalue weighted by atomic mass is 9.90. The smallest absolute Gasteiger partial charge is 0.462 e. The summed E-state index contributed by atoms with van der Waals surface area (Å²) in [7, 11) is -4.81. The Morgan fingerprint density at radius 2 is 1.35 bits per heavy atom. The van der Waals surface area contributed by atoms with Gasteiger partial charge >= 0.3 is 19.8 Å². The van der Waals surface area contributed by atoms with E-state index >= 15 is 0 Å². The van der Waals surface area contributed by atoms with Gasteiger partial charge in [-0.1, -0.05) is 147 Å². The quantitative estimate of drug-likeness (QED) is 0.0256. The maximum atomic E-state index is 12.5. The zero-order chi connectivity index (χ0) is 37.6. The van der Waals surface area contributed by atoms with Crippen LogP contribution in [0.1, 0.15) is 162 Å². The predicted molar refractivity (Wildman–Crippen MR) is 202 cm³/mol. The highest BCUT2D eigenvalue weighted by Crippen LogP contribution is 2.36. The maximum absolute atomic E-state index is 12.5. The average molecular weight is 741 g/mol. The molecule has 0 saturated carbocycles. The van der Waals surface area contributed by atoms with Gasteiger partial charge in [-0.2, -0.15) is 0 Å². The number of hydrogen-bond donors (Lipinski definition) is 3. The lowest BCUT2D eigenvalue weighted by Gasteiger charge is -2.18.